The summed E-state index contributed by atoms with van der Waals surface area (Å²) in [6.07, 6.45) is 1.24. The van der Waals surface area contributed by atoms with E-state index in [9.17, 15) is 14.7 Å². The molecular formula is C16H15N5O3. The zero-order valence-electron chi connectivity index (χ0n) is 12.8. The second-order valence-corrected chi connectivity index (χ2v) is 4.78. The lowest BCUT2D eigenvalue weighted by Crippen LogP contribution is -2.24. The Bertz CT molecular complexity index is 813. The number of ketones is 1. The van der Waals surface area contributed by atoms with E-state index in [2.05, 4.69) is 15.3 Å². The lowest BCUT2D eigenvalue weighted by Gasteiger charge is -2.00. The largest absolute Gasteiger partial charge is 0.507 e. The summed E-state index contributed by atoms with van der Waals surface area (Å²) in [5.74, 6) is -0.0553. The minimum absolute atomic E-state index is 0.0227. The number of hydrazone groups is 1. The van der Waals surface area contributed by atoms with Crippen LogP contribution in [0.25, 0.3) is 0 Å². The van der Waals surface area contributed by atoms with Crippen molar-refractivity contribution in [2.24, 2.45) is 21.1 Å². The van der Waals surface area contributed by atoms with Gasteiger partial charge in [0.05, 0.1) is 17.6 Å². The van der Waals surface area contributed by atoms with E-state index in [0.717, 1.165) is 0 Å². The Kier molecular flexibility index (Phi) is 5.35. The van der Waals surface area contributed by atoms with Crippen LogP contribution in [0.5, 0.6) is 5.75 Å². The summed E-state index contributed by atoms with van der Waals surface area (Å²) in [7, 11) is 0. The van der Waals surface area contributed by atoms with Gasteiger partial charge in [-0.05, 0) is 49.4 Å². The molecule has 0 fully saturated rings. The van der Waals surface area contributed by atoms with Crippen molar-refractivity contribution in [1.29, 1.82) is 0 Å². The number of hydrogen-bond donors (Lipinski definition) is 3. The van der Waals surface area contributed by atoms with Gasteiger partial charge < -0.3 is 10.8 Å². The number of primary amides is 1. The second-order valence-electron chi connectivity index (χ2n) is 4.78. The minimum atomic E-state index is -0.810. The number of azo groups is 1. The molecule has 0 aliphatic heterocycles. The average molecular weight is 325 g/mol. The number of phenolic OH excluding ortho intramolecular Hbond substituents is 1. The van der Waals surface area contributed by atoms with Crippen LogP contribution in [-0.2, 0) is 0 Å². The molecule has 0 bridgehead atoms. The molecule has 2 amide bonds. The Morgan fingerprint density at radius 2 is 1.71 bits per heavy atom. The van der Waals surface area contributed by atoms with Crippen molar-refractivity contribution in [3.8, 4) is 5.75 Å². The summed E-state index contributed by atoms with van der Waals surface area (Å²) in [5, 5.41) is 21.4. The lowest BCUT2D eigenvalue weighted by molar-refractivity contribution is 0.101. The molecule has 2 aromatic carbocycles. The molecule has 0 spiro atoms. The third-order valence-corrected chi connectivity index (χ3v) is 2.94. The van der Waals surface area contributed by atoms with Crippen molar-refractivity contribution in [2.75, 3.05) is 0 Å². The molecule has 8 heteroatoms. The third-order valence-electron chi connectivity index (χ3n) is 2.94. The molecule has 24 heavy (non-hydrogen) atoms. The summed E-state index contributed by atoms with van der Waals surface area (Å²) in [6, 6.07) is 10.4. The first-order valence-corrected chi connectivity index (χ1v) is 6.90. The number of rotatable bonds is 5. The number of Topliss-reactive ketones (excluding diaryl/α,β-unsaturated/α-hetero) is 1. The van der Waals surface area contributed by atoms with Crippen molar-refractivity contribution in [3.63, 3.8) is 0 Å². The average Bonchev–Trinajstić information content (AvgIpc) is 2.55. The Balaban J connectivity index is 2.15. The van der Waals surface area contributed by atoms with Crippen molar-refractivity contribution < 1.29 is 14.7 Å². The van der Waals surface area contributed by atoms with Gasteiger partial charge in [0, 0.05) is 11.1 Å². The maximum Gasteiger partial charge on any atom is 0.332 e. The van der Waals surface area contributed by atoms with Crippen molar-refractivity contribution >= 4 is 29.4 Å². The molecule has 0 unspecified atom stereocenters. The highest BCUT2D eigenvalue weighted by Crippen LogP contribution is 2.24. The van der Waals surface area contributed by atoms with Gasteiger partial charge in [-0.1, -0.05) is 0 Å². The molecule has 4 N–H and O–H groups in total. The number of phenols is 1. The molecule has 122 valence electrons. The predicted molar refractivity (Wildman–Crippen MR) is 89.0 cm³/mol. The molecule has 0 atom stereocenters. The van der Waals surface area contributed by atoms with Gasteiger partial charge in [-0.3, -0.25) is 4.79 Å². The van der Waals surface area contributed by atoms with Crippen LogP contribution in [-0.4, -0.2) is 23.1 Å². The van der Waals surface area contributed by atoms with Crippen molar-refractivity contribution in [3.05, 3.63) is 53.6 Å². The number of benzene rings is 2. The van der Waals surface area contributed by atoms with E-state index in [1.807, 2.05) is 5.43 Å². The zero-order chi connectivity index (χ0) is 17.5. The van der Waals surface area contributed by atoms with Crippen LogP contribution in [0.1, 0.15) is 22.8 Å². The molecule has 0 heterocycles. The molecule has 8 nitrogen and oxygen atoms in total. The van der Waals surface area contributed by atoms with E-state index in [1.54, 1.807) is 30.3 Å². The maximum atomic E-state index is 11.2. The predicted octanol–water partition coefficient (Wildman–Crippen LogP) is 3.01. The van der Waals surface area contributed by atoms with Crippen LogP contribution in [0.3, 0.4) is 0 Å². The third kappa shape index (κ3) is 4.73. The number of nitrogens with two attached hydrogens (primary N) is 1. The Morgan fingerprint density at radius 1 is 1.08 bits per heavy atom. The molecule has 2 rings (SSSR count). The number of carbonyl (C=O) groups excluding carboxylic acids is 2. The van der Waals surface area contributed by atoms with Crippen molar-refractivity contribution in [1.82, 2.24) is 5.43 Å². The molecular weight excluding hydrogens is 310 g/mol. The van der Waals surface area contributed by atoms with Crippen molar-refractivity contribution in [2.45, 2.75) is 6.92 Å². The quantitative estimate of drug-likeness (QED) is 0.338. The number of urea groups is 1. The van der Waals surface area contributed by atoms with Gasteiger partial charge in [0.1, 0.15) is 5.75 Å². The molecule has 0 saturated carbocycles. The Hall–Kier alpha value is -3.55. The monoisotopic (exact) mass is 325 g/mol. The van der Waals surface area contributed by atoms with Crippen LogP contribution in [0.2, 0.25) is 0 Å². The summed E-state index contributed by atoms with van der Waals surface area (Å²) in [5.41, 5.74) is 8.91. The first-order valence-electron chi connectivity index (χ1n) is 6.90. The number of hydrogen-bond acceptors (Lipinski definition) is 6. The molecule has 0 aromatic heterocycles. The van der Waals surface area contributed by atoms with Gasteiger partial charge in [-0.15, -0.1) is 0 Å². The topological polar surface area (TPSA) is 130 Å². The van der Waals surface area contributed by atoms with Crippen LogP contribution >= 0.6 is 0 Å². The SMILES string of the molecule is CC(=O)c1ccc(N=Nc2ccc(O)c(/C=N/NC(N)=O)c2)cc1. The van der Waals surface area contributed by atoms with Gasteiger partial charge in [0.2, 0.25) is 0 Å². The highest BCUT2D eigenvalue weighted by Gasteiger charge is 2.01. The highest BCUT2D eigenvalue weighted by molar-refractivity contribution is 5.94. The number of nitrogens with one attached hydrogen (secondary N) is 1. The van der Waals surface area contributed by atoms with Crippen LogP contribution in [0.4, 0.5) is 16.2 Å². The standard InChI is InChI=1S/C16H15N5O3/c1-10(22)11-2-4-13(5-3-11)19-20-14-6-7-15(23)12(8-14)9-18-21-16(17)24/h2-9,23H,1H3,(H3,17,21,24)/b18-9+,20-19?. The van der Waals surface area contributed by atoms with Crippen LogP contribution < -0.4 is 11.2 Å². The summed E-state index contributed by atoms with van der Waals surface area (Å²) in [6.45, 7) is 1.49. The van der Waals surface area contributed by atoms with Gasteiger partial charge in [-0.2, -0.15) is 15.3 Å². The molecule has 0 aliphatic rings. The number of aromatic hydroxyl groups is 1. The molecule has 2 aromatic rings. The molecule has 0 saturated heterocycles. The summed E-state index contributed by atoms with van der Waals surface area (Å²) in [4.78, 5) is 21.8. The molecule has 0 aliphatic carbocycles. The van der Waals surface area contributed by atoms with Gasteiger partial charge in [0.25, 0.3) is 0 Å². The van der Waals surface area contributed by atoms with Gasteiger partial charge in [0.15, 0.2) is 5.78 Å². The minimum Gasteiger partial charge on any atom is -0.507 e. The maximum absolute atomic E-state index is 11.2. The normalized spacial score (nSPS) is 11.0. The smallest absolute Gasteiger partial charge is 0.332 e. The Morgan fingerprint density at radius 3 is 2.33 bits per heavy atom. The van der Waals surface area contributed by atoms with E-state index in [0.29, 0.717) is 22.5 Å². The second kappa shape index (κ2) is 7.63. The zero-order valence-corrected chi connectivity index (χ0v) is 12.8. The number of amides is 2. The van der Waals surface area contributed by atoms with E-state index < -0.39 is 6.03 Å². The van der Waals surface area contributed by atoms with Gasteiger partial charge >= 0.3 is 6.03 Å². The summed E-state index contributed by atoms with van der Waals surface area (Å²) < 4.78 is 0. The Labute approximate surface area is 137 Å². The van der Waals surface area contributed by atoms with E-state index in [4.69, 9.17) is 5.73 Å². The van der Waals surface area contributed by atoms with E-state index in [1.165, 1.54) is 25.3 Å². The fraction of sp³-hybridized carbons (Fsp3) is 0.0625. The van der Waals surface area contributed by atoms with E-state index in [-0.39, 0.29) is 11.5 Å². The first kappa shape index (κ1) is 16.8. The highest BCUT2D eigenvalue weighted by atomic mass is 16.3. The lowest BCUT2D eigenvalue weighted by atomic mass is 10.1. The fourth-order valence-electron chi connectivity index (χ4n) is 1.75. The number of nitrogens with zero attached hydrogens (tertiary/aromatic N) is 3. The van der Waals surface area contributed by atoms with E-state index >= 15 is 0 Å². The fourth-order valence-corrected chi connectivity index (χ4v) is 1.75. The van der Waals surface area contributed by atoms with Crippen LogP contribution in [0.15, 0.2) is 57.8 Å². The first-order chi connectivity index (χ1) is 11.5. The number of carbonyl (C=O) groups is 2. The van der Waals surface area contributed by atoms with Crippen LogP contribution in [0, 0.1) is 0 Å². The summed E-state index contributed by atoms with van der Waals surface area (Å²) >= 11 is 0. The molecule has 0 radical (unpaired) electrons. The van der Waals surface area contributed by atoms with Gasteiger partial charge in [-0.25, -0.2) is 10.2 Å².